The molecule has 0 aromatic heterocycles. The maximum atomic E-state index is 13.6. The van der Waals surface area contributed by atoms with Crippen molar-refractivity contribution in [2.45, 2.75) is 17.4 Å². The normalized spacial score (nSPS) is 15.3. The average molecular weight is 465 g/mol. The fraction of sp³-hybridized carbons (Fsp3) is 0.0870. The Labute approximate surface area is 190 Å². The number of amides is 4. The summed E-state index contributed by atoms with van der Waals surface area (Å²) in [5, 5.41) is 8.51. The van der Waals surface area contributed by atoms with E-state index in [1.54, 1.807) is 60.7 Å². The minimum absolute atomic E-state index is 0.0813. The van der Waals surface area contributed by atoms with Gasteiger partial charge in [-0.05, 0) is 35.7 Å². The van der Waals surface area contributed by atoms with Crippen LogP contribution in [0.5, 0.6) is 0 Å². The van der Waals surface area contributed by atoms with E-state index in [9.17, 15) is 22.8 Å². The summed E-state index contributed by atoms with van der Waals surface area (Å²) >= 11 is 0. The van der Waals surface area contributed by atoms with Gasteiger partial charge in [-0.25, -0.2) is 18.4 Å². The molecule has 1 fully saturated rings. The summed E-state index contributed by atoms with van der Waals surface area (Å²) in [6.45, 7) is 1.53. The van der Waals surface area contributed by atoms with Crippen molar-refractivity contribution in [3.63, 3.8) is 0 Å². The summed E-state index contributed by atoms with van der Waals surface area (Å²) in [7, 11) is -4.07. The molecule has 3 aromatic rings. The second kappa shape index (κ2) is 8.15. The first-order valence-corrected chi connectivity index (χ1v) is 11.4. The number of urea groups is 1. The predicted octanol–water partition coefficient (Wildman–Crippen LogP) is 1.78. The highest BCUT2D eigenvalue weighted by molar-refractivity contribution is 7.89. The lowest BCUT2D eigenvalue weighted by atomic mass is 9.83. The Hall–Kier alpha value is -4.02. The number of nitrogens with zero attached hydrogens (tertiary/aromatic N) is 1. The van der Waals surface area contributed by atoms with Gasteiger partial charge in [0.15, 0.2) is 5.54 Å². The largest absolute Gasteiger partial charge is 0.344 e. The zero-order valence-corrected chi connectivity index (χ0v) is 18.3. The minimum atomic E-state index is -4.07. The zero-order chi connectivity index (χ0) is 23.8. The van der Waals surface area contributed by atoms with Crippen LogP contribution < -0.4 is 15.9 Å². The van der Waals surface area contributed by atoms with E-state index in [1.807, 2.05) is 0 Å². The van der Waals surface area contributed by atoms with Crippen molar-refractivity contribution in [1.82, 2.24) is 15.8 Å². The summed E-state index contributed by atoms with van der Waals surface area (Å²) in [6.07, 6.45) is 0. The molecular weight excluding hydrogens is 444 g/mol. The molecule has 0 radical (unpaired) electrons. The van der Waals surface area contributed by atoms with Gasteiger partial charge in [0, 0.05) is 5.56 Å². The highest BCUT2D eigenvalue weighted by Crippen LogP contribution is 2.35. The van der Waals surface area contributed by atoms with Gasteiger partial charge in [0.2, 0.25) is 10.0 Å². The van der Waals surface area contributed by atoms with Crippen LogP contribution in [0.25, 0.3) is 0 Å². The lowest BCUT2D eigenvalue weighted by Gasteiger charge is -2.27. The number of aryl methyl sites for hydroxylation is 1. The molecule has 0 bridgehead atoms. The highest BCUT2D eigenvalue weighted by atomic mass is 32.2. The van der Waals surface area contributed by atoms with Gasteiger partial charge in [0.1, 0.15) is 0 Å². The Balaban J connectivity index is 1.72. The molecule has 0 saturated carbocycles. The van der Waals surface area contributed by atoms with Gasteiger partial charge < -0.3 is 5.32 Å². The van der Waals surface area contributed by atoms with E-state index in [0.29, 0.717) is 21.7 Å². The van der Waals surface area contributed by atoms with Gasteiger partial charge in [0.05, 0.1) is 4.90 Å². The molecule has 10 heteroatoms. The van der Waals surface area contributed by atoms with Crippen LogP contribution in [-0.2, 0) is 20.4 Å². The lowest BCUT2D eigenvalue weighted by Crippen LogP contribution is -2.49. The third kappa shape index (κ3) is 3.86. The Bertz CT molecular complexity index is 1320. The third-order valence-electron chi connectivity index (χ3n) is 5.41. The summed E-state index contributed by atoms with van der Waals surface area (Å²) < 4.78 is 23.6. The van der Waals surface area contributed by atoms with Crippen LogP contribution in [0, 0.1) is 6.92 Å². The van der Waals surface area contributed by atoms with Gasteiger partial charge in [0.25, 0.3) is 11.8 Å². The first kappa shape index (κ1) is 22.2. The van der Waals surface area contributed by atoms with Crippen LogP contribution in [0.15, 0.2) is 83.8 Å². The number of hydrazine groups is 1. The fourth-order valence-corrected chi connectivity index (χ4v) is 4.59. The van der Waals surface area contributed by atoms with Crippen LogP contribution >= 0.6 is 0 Å². The van der Waals surface area contributed by atoms with E-state index >= 15 is 0 Å². The number of benzene rings is 3. The molecule has 4 N–H and O–H groups in total. The van der Waals surface area contributed by atoms with E-state index in [-0.39, 0.29) is 10.5 Å². The lowest BCUT2D eigenvalue weighted by molar-refractivity contribution is -0.131. The second-order valence-corrected chi connectivity index (χ2v) is 9.05. The van der Waals surface area contributed by atoms with Crippen molar-refractivity contribution >= 4 is 27.9 Å². The number of hydrogen-bond acceptors (Lipinski definition) is 5. The van der Waals surface area contributed by atoms with Gasteiger partial charge in [-0.2, -0.15) is 5.01 Å². The van der Waals surface area contributed by atoms with Crippen molar-refractivity contribution < 1.29 is 22.8 Å². The van der Waals surface area contributed by atoms with Crippen molar-refractivity contribution in [2.24, 2.45) is 5.14 Å². The van der Waals surface area contributed by atoms with E-state index < -0.39 is 33.4 Å². The van der Waals surface area contributed by atoms with Gasteiger partial charge >= 0.3 is 6.03 Å². The van der Waals surface area contributed by atoms with Crippen LogP contribution in [0.1, 0.15) is 27.0 Å². The molecule has 168 valence electrons. The van der Waals surface area contributed by atoms with Crippen molar-refractivity contribution in [3.05, 3.63) is 101 Å². The van der Waals surface area contributed by atoms with Crippen LogP contribution in [0.3, 0.4) is 0 Å². The van der Waals surface area contributed by atoms with Gasteiger partial charge in [-0.1, -0.05) is 66.7 Å². The average Bonchev–Trinajstić information content (AvgIpc) is 3.05. The molecule has 4 amide bonds. The van der Waals surface area contributed by atoms with Gasteiger partial charge in [-0.3, -0.25) is 15.0 Å². The quantitative estimate of drug-likeness (QED) is 0.494. The molecule has 9 nitrogen and oxygen atoms in total. The topological polar surface area (TPSA) is 139 Å². The standard InChI is InChI=1S/C23H20N4O5S/c1-15-12-13-16(14-19(15)33(24,31)32)20(28)26-27-21(29)23(25-22(27)30,17-8-4-2-5-9-17)18-10-6-3-7-11-18/h2-14H,1H3,(H,25,30)(H,26,28)(H2,24,31,32). The molecule has 0 atom stereocenters. The molecule has 0 unspecified atom stereocenters. The van der Waals surface area contributed by atoms with E-state index in [1.165, 1.54) is 19.1 Å². The van der Waals surface area contributed by atoms with E-state index in [2.05, 4.69) is 10.7 Å². The van der Waals surface area contributed by atoms with E-state index in [0.717, 1.165) is 6.07 Å². The molecule has 1 saturated heterocycles. The summed E-state index contributed by atoms with van der Waals surface area (Å²) in [5.41, 5.74) is 2.04. The van der Waals surface area contributed by atoms with Crippen molar-refractivity contribution in [3.8, 4) is 0 Å². The Morgan fingerprint density at radius 3 is 2.00 bits per heavy atom. The van der Waals surface area contributed by atoms with Crippen molar-refractivity contribution in [2.75, 3.05) is 0 Å². The summed E-state index contributed by atoms with van der Waals surface area (Å²) in [6, 6.07) is 20.4. The number of carbonyl (C=O) groups excluding carboxylic acids is 3. The SMILES string of the molecule is Cc1ccc(C(=O)NN2C(=O)NC(c3ccccc3)(c3ccccc3)C2=O)cc1S(N)(=O)=O. The maximum Gasteiger partial charge on any atom is 0.344 e. The molecule has 1 aliphatic heterocycles. The molecule has 0 spiro atoms. The Morgan fingerprint density at radius 2 is 1.48 bits per heavy atom. The number of carbonyl (C=O) groups is 3. The monoisotopic (exact) mass is 464 g/mol. The fourth-order valence-electron chi connectivity index (χ4n) is 3.78. The summed E-state index contributed by atoms with van der Waals surface area (Å²) in [4.78, 5) is 39.1. The van der Waals surface area contributed by atoms with Crippen LogP contribution in [-0.4, -0.2) is 31.3 Å². The molecule has 33 heavy (non-hydrogen) atoms. The van der Waals surface area contributed by atoms with Crippen LogP contribution in [0.2, 0.25) is 0 Å². The second-order valence-electron chi connectivity index (χ2n) is 7.52. The molecule has 4 rings (SSSR count). The number of hydrogen-bond donors (Lipinski definition) is 3. The molecule has 0 aliphatic carbocycles. The smallest absolute Gasteiger partial charge is 0.314 e. The van der Waals surface area contributed by atoms with Crippen LogP contribution in [0.4, 0.5) is 4.79 Å². The van der Waals surface area contributed by atoms with Gasteiger partial charge in [-0.15, -0.1) is 0 Å². The summed E-state index contributed by atoms with van der Waals surface area (Å²) in [5.74, 6) is -1.56. The van der Waals surface area contributed by atoms with Crippen molar-refractivity contribution in [1.29, 1.82) is 0 Å². The maximum absolute atomic E-state index is 13.6. The number of primary sulfonamides is 1. The van der Waals surface area contributed by atoms with E-state index in [4.69, 9.17) is 5.14 Å². The first-order chi connectivity index (χ1) is 15.6. The molecule has 1 aliphatic rings. The number of nitrogens with two attached hydrogens (primary N) is 1. The minimum Gasteiger partial charge on any atom is -0.314 e. The number of nitrogens with one attached hydrogen (secondary N) is 2. The zero-order valence-electron chi connectivity index (χ0n) is 17.5. The molecular formula is C23H20N4O5S. The molecule has 1 heterocycles. The number of sulfonamides is 1. The number of rotatable bonds is 5. The Kier molecular flexibility index (Phi) is 5.48. The number of imide groups is 1. The first-order valence-electron chi connectivity index (χ1n) is 9.87. The Morgan fingerprint density at radius 1 is 0.939 bits per heavy atom. The third-order valence-corrected chi connectivity index (χ3v) is 6.46. The molecule has 3 aromatic carbocycles. The highest BCUT2D eigenvalue weighted by Gasteiger charge is 2.54. The predicted molar refractivity (Wildman–Crippen MR) is 119 cm³/mol.